The molecule has 3 aromatic rings. The summed E-state index contributed by atoms with van der Waals surface area (Å²) in [6.45, 7) is 4.23. The average molecular weight is 442 g/mol. The third-order valence-electron chi connectivity index (χ3n) is 4.05. The van der Waals surface area contributed by atoms with Crippen molar-refractivity contribution in [3.8, 4) is 17.0 Å². The lowest BCUT2D eigenvalue weighted by atomic mass is 10.1. The molecule has 2 aromatic heterocycles. The predicted molar refractivity (Wildman–Crippen MR) is 116 cm³/mol. The minimum Gasteiger partial charge on any atom is -0.494 e. The van der Waals surface area contributed by atoms with Crippen molar-refractivity contribution >= 4 is 28.3 Å². The Morgan fingerprint density at radius 3 is 2.58 bits per heavy atom. The number of ether oxygens (including phenoxy) is 2. The van der Waals surface area contributed by atoms with Gasteiger partial charge in [-0.05, 0) is 44.2 Å². The molecule has 0 aliphatic carbocycles. The second kappa shape index (κ2) is 10.5. The van der Waals surface area contributed by atoms with E-state index >= 15 is 0 Å². The number of hydrogen-bond donors (Lipinski definition) is 1. The SMILES string of the molecule is CCOC(=O)Cc1csc(NC(=O)Cn2nc(-c3ccc(OCC)cc3)ccc2=O)n1. The van der Waals surface area contributed by atoms with Crippen LogP contribution in [0.15, 0.2) is 46.6 Å². The second-order valence-electron chi connectivity index (χ2n) is 6.35. The van der Waals surface area contributed by atoms with E-state index < -0.39 is 11.5 Å². The molecule has 0 atom stereocenters. The number of thiazole rings is 1. The van der Waals surface area contributed by atoms with Gasteiger partial charge in [0.15, 0.2) is 5.13 Å². The molecule has 10 heteroatoms. The van der Waals surface area contributed by atoms with Gasteiger partial charge in [-0.1, -0.05) is 0 Å². The molecule has 3 rings (SSSR count). The molecular formula is C21H22N4O5S. The molecule has 0 aliphatic heterocycles. The molecule has 162 valence electrons. The first-order chi connectivity index (χ1) is 15.0. The molecule has 2 heterocycles. The van der Waals surface area contributed by atoms with Gasteiger partial charge < -0.3 is 14.8 Å². The third kappa shape index (κ3) is 6.22. The quantitative estimate of drug-likeness (QED) is 0.507. The molecule has 0 unspecified atom stereocenters. The Kier molecular flexibility index (Phi) is 7.50. The molecule has 0 bridgehead atoms. The fourth-order valence-electron chi connectivity index (χ4n) is 2.71. The van der Waals surface area contributed by atoms with Crippen LogP contribution in [-0.2, 0) is 27.3 Å². The smallest absolute Gasteiger partial charge is 0.311 e. The van der Waals surface area contributed by atoms with E-state index in [-0.39, 0.29) is 18.9 Å². The van der Waals surface area contributed by atoms with Crippen molar-refractivity contribution in [1.82, 2.24) is 14.8 Å². The van der Waals surface area contributed by atoms with Crippen molar-refractivity contribution in [3.63, 3.8) is 0 Å². The second-order valence-corrected chi connectivity index (χ2v) is 7.20. The maximum absolute atomic E-state index is 12.4. The Morgan fingerprint density at radius 1 is 1.10 bits per heavy atom. The predicted octanol–water partition coefficient (Wildman–Crippen LogP) is 2.51. The Morgan fingerprint density at radius 2 is 1.87 bits per heavy atom. The first kappa shape index (κ1) is 22.2. The Hall–Kier alpha value is -3.53. The fourth-order valence-corrected chi connectivity index (χ4v) is 3.43. The lowest BCUT2D eigenvalue weighted by Gasteiger charge is -2.08. The van der Waals surface area contributed by atoms with E-state index in [2.05, 4.69) is 15.4 Å². The zero-order valence-corrected chi connectivity index (χ0v) is 18.0. The molecular weight excluding hydrogens is 420 g/mol. The first-order valence-electron chi connectivity index (χ1n) is 9.69. The van der Waals surface area contributed by atoms with Gasteiger partial charge in [-0.15, -0.1) is 11.3 Å². The van der Waals surface area contributed by atoms with E-state index in [4.69, 9.17) is 9.47 Å². The summed E-state index contributed by atoms with van der Waals surface area (Å²) in [4.78, 5) is 40.2. The number of carbonyl (C=O) groups excluding carboxylic acids is 2. The lowest BCUT2D eigenvalue weighted by Crippen LogP contribution is -2.29. The summed E-state index contributed by atoms with van der Waals surface area (Å²) in [5.41, 5.74) is 1.46. The van der Waals surface area contributed by atoms with E-state index in [9.17, 15) is 14.4 Å². The summed E-state index contributed by atoms with van der Waals surface area (Å²) in [6.07, 6.45) is 0.0331. The highest BCUT2D eigenvalue weighted by atomic mass is 32.1. The standard InChI is InChI=1S/C21H22N4O5S/c1-3-29-16-7-5-14(6-8-16)17-9-10-19(27)25(24-17)12-18(26)23-21-22-15(13-31-21)11-20(28)30-4-2/h5-10,13H,3-4,11-12H2,1-2H3,(H,22,23,26). The molecule has 9 nitrogen and oxygen atoms in total. The van der Waals surface area contributed by atoms with Crippen LogP contribution in [0, 0.1) is 0 Å². The van der Waals surface area contributed by atoms with Crippen molar-refractivity contribution in [2.24, 2.45) is 0 Å². The van der Waals surface area contributed by atoms with Gasteiger partial charge in [0.1, 0.15) is 12.3 Å². The highest BCUT2D eigenvalue weighted by Gasteiger charge is 2.12. The average Bonchev–Trinajstić information content (AvgIpc) is 3.17. The maximum Gasteiger partial charge on any atom is 0.311 e. The maximum atomic E-state index is 12.4. The van der Waals surface area contributed by atoms with Crippen molar-refractivity contribution in [2.75, 3.05) is 18.5 Å². The van der Waals surface area contributed by atoms with Gasteiger partial charge in [-0.25, -0.2) is 9.67 Å². The molecule has 0 fully saturated rings. The van der Waals surface area contributed by atoms with Gasteiger partial charge in [0.2, 0.25) is 5.91 Å². The van der Waals surface area contributed by atoms with Crippen LogP contribution in [0.5, 0.6) is 5.75 Å². The monoisotopic (exact) mass is 442 g/mol. The minimum absolute atomic E-state index is 0.0331. The molecule has 1 N–H and O–H groups in total. The first-order valence-corrected chi connectivity index (χ1v) is 10.6. The van der Waals surface area contributed by atoms with Crippen LogP contribution < -0.4 is 15.6 Å². The molecule has 0 radical (unpaired) electrons. The Bertz CT molecular complexity index is 1110. The highest BCUT2D eigenvalue weighted by Crippen LogP contribution is 2.20. The number of hydrogen-bond acceptors (Lipinski definition) is 8. The largest absolute Gasteiger partial charge is 0.494 e. The van der Waals surface area contributed by atoms with Crippen LogP contribution in [0.25, 0.3) is 11.3 Å². The van der Waals surface area contributed by atoms with Crippen LogP contribution in [-0.4, -0.2) is 39.9 Å². The van der Waals surface area contributed by atoms with Crippen LogP contribution in [0.2, 0.25) is 0 Å². The topological polar surface area (TPSA) is 112 Å². The van der Waals surface area contributed by atoms with Gasteiger partial charge in [-0.3, -0.25) is 14.4 Å². The van der Waals surface area contributed by atoms with Gasteiger partial charge in [0.25, 0.3) is 5.56 Å². The fraction of sp³-hybridized carbons (Fsp3) is 0.286. The Balaban J connectivity index is 1.66. The Labute approximate surface area is 182 Å². The number of benzene rings is 1. The van der Waals surface area contributed by atoms with Gasteiger partial charge >= 0.3 is 5.97 Å². The van der Waals surface area contributed by atoms with Crippen molar-refractivity contribution in [2.45, 2.75) is 26.8 Å². The minimum atomic E-state index is -0.449. The number of nitrogens with zero attached hydrogens (tertiary/aromatic N) is 3. The molecule has 1 aromatic carbocycles. The molecule has 0 aliphatic rings. The summed E-state index contributed by atoms with van der Waals surface area (Å²) in [5.74, 6) is -0.0901. The van der Waals surface area contributed by atoms with E-state index in [1.807, 2.05) is 31.2 Å². The van der Waals surface area contributed by atoms with E-state index in [1.54, 1.807) is 18.4 Å². The van der Waals surface area contributed by atoms with Gasteiger partial charge in [-0.2, -0.15) is 5.10 Å². The zero-order valence-electron chi connectivity index (χ0n) is 17.2. The lowest BCUT2D eigenvalue weighted by molar-refractivity contribution is -0.142. The summed E-state index contributed by atoms with van der Waals surface area (Å²) >= 11 is 1.19. The van der Waals surface area contributed by atoms with E-state index in [1.165, 1.54) is 17.4 Å². The number of carbonyl (C=O) groups is 2. The van der Waals surface area contributed by atoms with Crippen LogP contribution in [0.4, 0.5) is 5.13 Å². The number of aromatic nitrogens is 3. The number of esters is 1. The van der Waals surface area contributed by atoms with Crippen molar-refractivity contribution in [3.05, 3.63) is 57.8 Å². The summed E-state index contributed by atoms with van der Waals surface area (Å²) in [7, 11) is 0. The summed E-state index contributed by atoms with van der Waals surface area (Å²) in [5, 5.41) is 8.92. The number of anilines is 1. The van der Waals surface area contributed by atoms with E-state index in [0.29, 0.717) is 29.7 Å². The van der Waals surface area contributed by atoms with Gasteiger partial charge in [0, 0.05) is 17.0 Å². The van der Waals surface area contributed by atoms with Crippen LogP contribution in [0.3, 0.4) is 0 Å². The van der Waals surface area contributed by atoms with Gasteiger partial charge in [0.05, 0.1) is 31.0 Å². The number of amides is 1. The molecule has 0 saturated heterocycles. The van der Waals surface area contributed by atoms with Crippen LogP contribution >= 0.6 is 11.3 Å². The number of nitrogens with one attached hydrogen (secondary N) is 1. The normalized spacial score (nSPS) is 10.5. The molecule has 31 heavy (non-hydrogen) atoms. The zero-order chi connectivity index (χ0) is 22.2. The molecule has 0 spiro atoms. The van der Waals surface area contributed by atoms with Crippen molar-refractivity contribution in [1.29, 1.82) is 0 Å². The number of rotatable bonds is 9. The molecule has 0 saturated carbocycles. The summed E-state index contributed by atoms with van der Waals surface area (Å²) in [6, 6.07) is 10.3. The molecule has 1 amide bonds. The van der Waals surface area contributed by atoms with Crippen LogP contribution in [0.1, 0.15) is 19.5 Å². The van der Waals surface area contributed by atoms with Crippen molar-refractivity contribution < 1.29 is 19.1 Å². The third-order valence-corrected chi connectivity index (χ3v) is 4.86. The summed E-state index contributed by atoms with van der Waals surface area (Å²) < 4.78 is 11.4. The highest BCUT2D eigenvalue weighted by molar-refractivity contribution is 7.13. The van der Waals surface area contributed by atoms with E-state index in [0.717, 1.165) is 16.0 Å².